The van der Waals surface area contributed by atoms with E-state index in [2.05, 4.69) is 4.72 Å². The number of anilines is 1. The van der Waals surface area contributed by atoms with Gasteiger partial charge in [0.15, 0.2) is 0 Å². The Bertz CT molecular complexity index is 864. The Morgan fingerprint density at radius 3 is 2.28 bits per heavy atom. The van der Waals surface area contributed by atoms with Crippen molar-refractivity contribution in [3.63, 3.8) is 0 Å². The van der Waals surface area contributed by atoms with E-state index in [-0.39, 0.29) is 16.6 Å². The summed E-state index contributed by atoms with van der Waals surface area (Å²) in [6, 6.07) is 11.4. The normalized spacial score (nSPS) is 16.2. The third-order valence-corrected chi connectivity index (χ3v) is 5.79. The molecule has 1 amide bonds. The number of rotatable bonds is 5. The van der Waals surface area contributed by atoms with Crippen LogP contribution in [0.25, 0.3) is 0 Å². The maximum Gasteiger partial charge on any atom is 0.241 e. The van der Waals surface area contributed by atoms with Crippen molar-refractivity contribution in [2.75, 3.05) is 11.4 Å². The molecule has 0 saturated carbocycles. The van der Waals surface area contributed by atoms with E-state index in [1.54, 1.807) is 36.1 Å². The number of carbonyl (C=O) groups excluding carboxylic acids is 1. The number of hydrogen-bond donors (Lipinski definition) is 1. The Labute approximate surface area is 146 Å². The number of sulfonamides is 1. The summed E-state index contributed by atoms with van der Waals surface area (Å²) in [4.78, 5) is 13.5. The molecule has 2 aromatic carbocycles. The van der Waals surface area contributed by atoms with Crippen molar-refractivity contribution >= 4 is 21.6 Å². The number of halogens is 1. The van der Waals surface area contributed by atoms with Gasteiger partial charge in [0.2, 0.25) is 15.9 Å². The first-order valence-corrected chi connectivity index (χ1v) is 9.53. The van der Waals surface area contributed by atoms with Gasteiger partial charge in [-0.3, -0.25) is 4.79 Å². The van der Waals surface area contributed by atoms with Gasteiger partial charge in [-0.1, -0.05) is 12.1 Å². The predicted molar refractivity (Wildman–Crippen MR) is 93.2 cm³/mol. The average Bonchev–Trinajstić information content (AvgIpc) is 3.01. The molecule has 0 aromatic heterocycles. The van der Waals surface area contributed by atoms with Gasteiger partial charge < -0.3 is 4.90 Å². The zero-order valence-electron chi connectivity index (χ0n) is 13.8. The molecule has 0 radical (unpaired) electrons. The molecule has 1 atom stereocenters. The molecule has 0 bridgehead atoms. The maximum absolute atomic E-state index is 13.0. The zero-order chi connectivity index (χ0) is 18.0. The van der Waals surface area contributed by atoms with Crippen molar-refractivity contribution in [1.29, 1.82) is 0 Å². The Morgan fingerprint density at radius 1 is 1.08 bits per heavy atom. The maximum atomic E-state index is 13.0. The Hall–Kier alpha value is -2.25. The van der Waals surface area contributed by atoms with Crippen LogP contribution >= 0.6 is 0 Å². The van der Waals surface area contributed by atoms with E-state index in [0.717, 1.165) is 6.42 Å². The first-order valence-electron chi connectivity index (χ1n) is 8.05. The first kappa shape index (κ1) is 17.6. The highest BCUT2D eigenvalue weighted by atomic mass is 32.2. The largest absolute Gasteiger partial charge is 0.312 e. The molecule has 0 spiro atoms. The van der Waals surface area contributed by atoms with Crippen LogP contribution < -0.4 is 9.62 Å². The molecule has 2 aromatic rings. The second-order valence-corrected chi connectivity index (χ2v) is 7.75. The van der Waals surface area contributed by atoms with Gasteiger partial charge >= 0.3 is 0 Å². The van der Waals surface area contributed by atoms with E-state index in [9.17, 15) is 17.6 Å². The van der Waals surface area contributed by atoms with Crippen molar-refractivity contribution in [2.24, 2.45) is 0 Å². The smallest absolute Gasteiger partial charge is 0.241 e. The number of benzene rings is 2. The van der Waals surface area contributed by atoms with E-state index in [1.807, 2.05) is 0 Å². The summed E-state index contributed by atoms with van der Waals surface area (Å²) < 4.78 is 40.6. The molecule has 1 fully saturated rings. The fourth-order valence-electron chi connectivity index (χ4n) is 2.85. The standard InChI is InChI=1S/C18H19FN2O3S/c1-13(14-4-6-15(19)7-5-14)20-25(23,24)17-10-8-16(9-11-17)21-12-2-3-18(21)22/h4-11,13,20H,2-3,12H2,1H3/t13-/m0/s1. The second-order valence-electron chi connectivity index (χ2n) is 6.04. The summed E-state index contributed by atoms with van der Waals surface area (Å²) in [5.41, 5.74) is 1.37. The van der Waals surface area contributed by atoms with Gasteiger partial charge in [0, 0.05) is 24.7 Å². The van der Waals surface area contributed by atoms with Crippen LogP contribution in [0, 0.1) is 5.82 Å². The molecule has 0 aliphatic carbocycles. The van der Waals surface area contributed by atoms with Crippen LogP contribution in [0.1, 0.15) is 31.4 Å². The van der Waals surface area contributed by atoms with Gasteiger partial charge in [-0.25, -0.2) is 17.5 Å². The van der Waals surface area contributed by atoms with Crippen LogP contribution in [0.5, 0.6) is 0 Å². The second kappa shape index (κ2) is 6.93. The number of hydrogen-bond acceptors (Lipinski definition) is 3. The summed E-state index contributed by atoms with van der Waals surface area (Å²) in [5, 5.41) is 0. The number of nitrogens with zero attached hydrogens (tertiary/aromatic N) is 1. The Morgan fingerprint density at radius 2 is 1.72 bits per heavy atom. The molecule has 7 heteroatoms. The highest BCUT2D eigenvalue weighted by Crippen LogP contribution is 2.24. The molecule has 1 saturated heterocycles. The van der Waals surface area contributed by atoms with Crippen LogP contribution in [-0.2, 0) is 14.8 Å². The fraction of sp³-hybridized carbons (Fsp3) is 0.278. The lowest BCUT2D eigenvalue weighted by molar-refractivity contribution is -0.117. The molecule has 25 heavy (non-hydrogen) atoms. The lowest BCUT2D eigenvalue weighted by atomic mass is 10.1. The van der Waals surface area contributed by atoms with E-state index in [0.29, 0.717) is 24.2 Å². The van der Waals surface area contributed by atoms with Gasteiger partial charge in [0.05, 0.1) is 4.90 Å². The van der Waals surface area contributed by atoms with Gasteiger partial charge in [0.1, 0.15) is 5.82 Å². The first-order chi connectivity index (χ1) is 11.9. The molecule has 0 unspecified atom stereocenters. The van der Waals surface area contributed by atoms with E-state index >= 15 is 0 Å². The summed E-state index contributed by atoms with van der Waals surface area (Å²) in [5.74, 6) is -0.315. The lowest BCUT2D eigenvalue weighted by Gasteiger charge is -2.17. The van der Waals surface area contributed by atoms with Gasteiger partial charge in [0.25, 0.3) is 0 Å². The van der Waals surface area contributed by atoms with Crippen LogP contribution in [0.2, 0.25) is 0 Å². The number of amides is 1. The molecule has 3 rings (SSSR count). The summed E-state index contributed by atoms with van der Waals surface area (Å²) in [7, 11) is -3.72. The molecule has 1 aliphatic rings. The fourth-order valence-corrected chi connectivity index (χ4v) is 4.08. The van der Waals surface area contributed by atoms with E-state index in [4.69, 9.17) is 0 Å². The van der Waals surface area contributed by atoms with Crippen LogP contribution in [-0.4, -0.2) is 20.9 Å². The highest BCUT2D eigenvalue weighted by molar-refractivity contribution is 7.89. The summed E-state index contributed by atoms with van der Waals surface area (Å²) in [6.07, 6.45) is 1.34. The van der Waals surface area contributed by atoms with Crippen LogP contribution in [0.3, 0.4) is 0 Å². The molecule has 1 aliphatic heterocycles. The van der Waals surface area contributed by atoms with Gasteiger partial charge in [-0.05, 0) is 55.3 Å². The van der Waals surface area contributed by atoms with E-state index < -0.39 is 16.1 Å². The number of carbonyl (C=O) groups is 1. The third-order valence-electron chi connectivity index (χ3n) is 4.23. The molecule has 132 valence electrons. The molecular formula is C18H19FN2O3S. The van der Waals surface area contributed by atoms with Crippen molar-refractivity contribution in [2.45, 2.75) is 30.7 Å². The van der Waals surface area contributed by atoms with E-state index in [1.165, 1.54) is 24.3 Å². The van der Waals surface area contributed by atoms with Crippen molar-refractivity contribution < 1.29 is 17.6 Å². The highest BCUT2D eigenvalue weighted by Gasteiger charge is 2.23. The zero-order valence-corrected chi connectivity index (χ0v) is 14.6. The van der Waals surface area contributed by atoms with Crippen molar-refractivity contribution in [1.82, 2.24) is 4.72 Å². The Kier molecular flexibility index (Phi) is 4.87. The molecule has 1 heterocycles. The Balaban J connectivity index is 1.75. The monoisotopic (exact) mass is 362 g/mol. The minimum Gasteiger partial charge on any atom is -0.312 e. The topological polar surface area (TPSA) is 66.5 Å². The van der Waals surface area contributed by atoms with Crippen LogP contribution in [0.4, 0.5) is 10.1 Å². The summed E-state index contributed by atoms with van der Waals surface area (Å²) in [6.45, 7) is 2.35. The number of nitrogens with one attached hydrogen (secondary N) is 1. The van der Waals surface area contributed by atoms with Crippen molar-refractivity contribution in [3.05, 3.63) is 59.9 Å². The minimum absolute atomic E-state index is 0.0543. The predicted octanol–water partition coefficient (Wildman–Crippen LogP) is 2.99. The van der Waals surface area contributed by atoms with Crippen LogP contribution in [0.15, 0.2) is 53.4 Å². The van der Waals surface area contributed by atoms with Crippen molar-refractivity contribution in [3.8, 4) is 0 Å². The quantitative estimate of drug-likeness (QED) is 0.889. The van der Waals surface area contributed by atoms with Gasteiger partial charge in [-0.2, -0.15) is 0 Å². The van der Waals surface area contributed by atoms with Gasteiger partial charge in [-0.15, -0.1) is 0 Å². The molecule has 1 N–H and O–H groups in total. The third kappa shape index (κ3) is 3.88. The summed E-state index contributed by atoms with van der Waals surface area (Å²) >= 11 is 0. The lowest BCUT2D eigenvalue weighted by Crippen LogP contribution is -2.27. The minimum atomic E-state index is -3.72. The average molecular weight is 362 g/mol. The molecule has 5 nitrogen and oxygen atoms in total. The molecular weight excluding hydrogens is 343 g/mol. The SMILES string of the molecule is C[C@H](NS(=O)(=O)c1ccc(N2CCCC2=O)cc1)c1ccc(F)cc1.